The Morgan fingerprint density at radius 3 is 1.91 bits per heavy atom. The summed E-state index contributed by atoms with van der Waals surface area (Å²) in [5.74, 6) is -0.230. The van der Waals surface area contributed by atoms with Gasteiger partial charge in [-0.2, -0.15) is 0 Å². The van der Waals surface area contributed by atoms with E-state index in [9.17, 15) is 4.79 Å². The third kappa shape index (κ3) is 4.08. The fourth-order valence-electron chi connectivity index (χ4n) is 2.83. The lowest BCUT2D eigenvalue weighted by atomic mass is 10.1. The van der Waals surface area contributed by atoms with Crippen LogP contribution < -0.4 is 0 Å². The van der Waals surface area contributed by atoms with Crippen molar-refractivity contribution in [3.63, 3.8) is 0 Å². The monoisotopic (exact) mass is 307 g/mol. The Kier molecular flexibility index (Phi) is 4.89. The molecule has 0 bridgehead atoms. The van der Waals surface area contributed by atoms with E-state index in [1.165, 1.54) is 11.1 Å². The number of hydrogen-bond acceptors (Lipinski definition) is 3. The van der Waals surface area contributed by atoms with Crippen LogP contribution in [-0.2, 0) is 22.6 Å². The molecular weight excluding hydrogens is 286 g/mol. The van der Waals surface area contributed by atoms with Crippen molar-refractivity contribution >= 4 is 5.97 Å². The lowest BCUT2D eigenvalue weighted by Gasteiger charge is -2.30. The van der Waals surface area contributed by atoms with Gasteiger partial charge in [-0.15, -0.1) is 0 Å². The maximum atomic E-state index is 11.4. The molecule has 1 aliphatic rings. The third-order valence-electron chi connectivity index (χ3n) is 4.23. The lowest BCUT2D eigenvalue weighted by molar-refractivity contribution is -0.135. The van der Waals surface area contributed by atoms with Crippen molar-refractivity contribution < 1.29 is 9.53 Å². The zero-order valence-corrected chi connectivity index (χ0v) is 13.3. The molecule has 1 heterocycles. The smallest absolute Gasteiger partial charge is 0.331 e. The van der Waals surface area contributed by atoms with E-state index in [2.05, 4.69) is 60.4 Å². The Hall–Kier alpha value is -2.39. The number of cyclic esters (lactones) is 1. The Labute approximate surface area is 137 Å². The summed E-state index contributed by atoms with van der Waals surface area (Å²) in [4.78, 5) is 13.8. The van der Waals surface area contributed by atoms with Crippen LogP contribution in [-0.4, -0.2) is 23.5 Å². The van der Waals surface area contributed by atoms with Gasteiger partial charge in [0.2, 0.25) is 0 Å². The second-order valence-electron chi connectivity index (χ2n) is 5.88. The fraction of sp³-hybridized carbons (Fsp3) is 0.250. The van der Waals surface area contributed by atoms with E-state index in [1.807, 2.05) is 12.1 Å². The van der Waals surface area contributed by atoms with Crippen LogP contribution in [0.2, 0.25) is 0 Å². The average Bonchev–Trinajstić information content (AvgIpc) is 3.02. The summed E-state index contributed by atoms with van der Waals surface area (Å²) in [6.45, 7) is 4.21. The first-order chi connectivity index (χ1) is 11.2. The van der Waals surface area contributed by atoms with Crippen molar-refractivity contribution in [2.45, 2.75) is 26.1 Å². The normalized spacial score (nSPS) is 15.4. The largest absolute Gasteiger partial charge is 0.458 e. The highest BCUT2D eigenvalue weighted by atomic mass is 16.5. The zero-order valence-electron chi connectivity index (χ0n) is 13.3. The van der Waals surface area contributed by atoms with E-state index >= 15 is 0 Å². The van der Waals surface area contributed by atoms with Crippen LogP contribution in [0.1, 0.15) is 18.1 Å². The van der Waals surface area contributed by atoms with Crippen molar-refractivity contribution in [3.05, 3.63) is 83.4 Å². The molecule has 0 radical (unpaired) electrons. The fourth-order valence-corrected chi connectivity index (χ4v) is 2.83. The predicted octanol–water partition coefficient (Wildman–Crippen LogP) is 3.56. The van der Waals surface area contributed by atoms with Crippen LogP contribution in [0.4, 0.5) is 0 Å². The highest BCUT2D eigenvalue weighted by molar-refractivity contribution is 5.85. The minimum atomic E-state index is -0.230. The highest BCUT2D eigenvalue weighted by Gasteiger charge is 2.24. The van der Waals surface area contributed by atoms with Crippen LogP contribution in [0.3, 0.4) is 0 Å². The molecule has 0 aromatic heterocycles. The summed E-state index contributed by atoms with van der Waals surface area (Å²) in [5.41, 5.74) is 3.57. The molecule has 0 fully saturated rings. The summed E-state index contributed by atoms with van der Waals surface area (Å²) in [7, 11) is 0. The predicted molar refractivity (Wildman–Crippen MR) is 90.6 cm³/mol. The van der Waals surface area contributed by atoms with E-state index in [0.717, 1.165) is 18.7 Å². The number of esters is 1. The molecule has 0 saturated heterocycles. The van der Waals surface area contributed by atoms with Gasteiger partial charge in [-0.25, -0.2) is 4.79 Å². The molecule has 3 heteroatoms. The van der Waals surface area contributed by atoms with E-state index < -0.39 is 0 Å². The molecule has 0 unspecified atom stereocenters. The lowest BCUT2D eigenvalue weighted by Crippen LogP contribution is -2.34. The maximum absolute atomic E-state index is 11.4. The Bertz CT molecular complexity index is 638. The van der Waals surface area contributed by atoms with Gasteiger partial charge in [-0.1, -0.05) is 60.7 Å². The number of carbonyl (C=O) groups is 1. The van der Waals surface area contributed by atoms with Crippen LogP contribution in [0.5, 0.6) is 0 Å². The van der Waals surface area contributed by atoms with E-state index in [-0.39, 0.29) is 12.0 Å². The van der Waals surface area contributed by atoms with Crippen LogP contribution in [0.15, 0.2) is 72.3 Å². The molecule has 0 spiro atoms. The van der Waals surface area contributed by atoms with E-state index in [0.29, 0.717) is 6.61 Å². The summed E-state index contributed by atoms with van der Waals surface area (Å²) >= 11 is 0. The summed E-state index contributed by atoms with van der Waals surface area (Å²) in [6.07, 6.45) is 1.63. The molecule has 0 N–H and O–H groups in total. The number of benzene rings is 2. The number of carbonyl (C=O) groups excluding carboxylic acids is 1. The van der Waals surface area contributed by atoms with Gasteiger partial charge >= 0.3 is 5.97 Å². The van der Waals surface area contributed by atoms with Crippen LogP contribution in [0.25, 0.3) is 0 Å². The van der Waals surface area contributed by atoms with Gasteiger partial charge in [-0.05, 0) is 23.6 Å². The highest BCUT2D eigenvalue weighted by Crippen LogP contribution is 2.21. The Morgan fingerprint density at radius 1 is 0.957 bits per heavy atom. The summed E-state index contributed by atoms with van der Waals surface area (Å²) in [5, 5.41) is 0. The molecule has 1 aliphatic heterocycles. The number of ether oxygens (including phenoxy) is 1. The molecule has 0 amide bonds. The second kappa shape index (κ2) is 7.25. The first kappa shape index (κ1) is 15.5. The van der Waals surface area contributed by atoms with Gasteiger partial charge in [0, 0.05) is 25.2 Å². The average molecular weight is 307 g/mol. The van der Waals surface area contributed by atoms with E-state index in [1.54, 1.807) is 6.08 Å². The van der Waals surface area contributed by atoms with Crippen LogP contribution >= 0.6 is 0 Å². The van der Waals surface area contributed by atoms with Gasteiger partial charge in [0.1, 0.15) is 6.61 Å². The molecule has 2 aromatic rings. The summed E-state index contributed by atoms with van der Waals surface area (Å²) < 4.78 is 5.08. The molecule has 1 atom stereocenters. The quantitative estimate of drug-likeness (QED) is 0.764. The van der Waals surface area contributed by atoms with Gasteiger partial charge in [0.15, 0.2) is 0 Å². The number of rotatable bonds is 6. The molecule has 118 valence electrons. The first-order valence-electron chi connectivity index (χ1n) is 7.91. The van der Waals surface area contributed by atoms with Crippen molar-refractivity contribution in [1.82, 2.24) is 4.90 Å². The second-order valence-corrected chi connectivity index (χ2v) is 5.88. The van der Waals surface area contributed by atoms with Crippen molar-refractivity contribution in [2.75, 3.05) is 6.61 Å². The van der Waals surface area contributed by atoms with E-state index in [4.69, 9.17) is 4.74 Å². The molecule has 3 nitrogen and oxygen atoms in total. The third-order valence-corrected chi connectivity index (χ3v) is 4.23. The molecule has 0 saturated carbocycles. The molecule has 0 aliphatic carbocycles. The van der Waals surface area contributed by atoms with Gasteiger partial charge in [0.25, 0.3) is 0 Å². The SMILES string of the molecule is C[C@@H](C1=CC(=O)OC1)N(Cc1ccccc1)Cc1ccccc1. The van der Waals surface area contributed by atoms with Crippen molar-refractivity contribution in [1.29, 1.82) is 0 Å². The maximum Gasteiger partial charge on any atom is 0.331 e. The molecular formula is C20H21NO2. The zero-order chi connectivity index (χ0) is 16.1. The molecule has 2 aromatic carbocycles. The topological polar surface area (TPSA) is 29.5 Å². The van der Waals surface area contributed by atoms with Gasteiger partial charge in [0.05, 0.1) is 0 Å². The van der Waals surface area contributed by atoms with Crippen molar-refractivity contribution in [3.8, 4) is 0 Å². The first-order valence-corrected chi connectivity index (χ1v) is 7.91. The molecule has 3 rings (SSSR count). The number of hydrogen-bond donors (Lipinski definition) is 0. The van der Waals surface area contributed by atoms with Crippen molar-refractivity contribution in [2.24, 2.45) is 0 Å². The van der Waals surface area contributed by atoms with Gasteiger partial charge < -0.3 is 4.74 Å². The summed E-state index contributed by atoms with van der Waals surface area (Å²) in [6, 6.07) is 21.0. The minimum Gasteiger partial charge on any atom is -0.458 e. The standard InChI is InChI=1S/C20H21NO2/c1-16(19-12-20(22)23-15-19)21(13-17-8-4-2-5-9-17)14-18-10-6-3-7-11-18/h2-12,16H,13-15H2,1H3/t16-/m0/s1. The Morgan fingerprint density at radius 2 is 1.48 bits per heavy atom. The molecule has 23 heavy (non-hydrogen) atoms. The number of nitrogens with zero attached hydrogens (tertiary/aromatic N) is 1. The van der Waals surface area contributed by atoms with Crippen LogP contribution in [0, 0.1) is 0 Å². The van der Waals surface area contributed by atoms with Gasteiger partial charge in [-0.3, -0.25) is 4.90 Å². The minimum absolute atomic E-state index is 0.155. The Balaban J connectivity index is 1.80.